The fourth-order valence-electron chi connectivity index (χ4n) is 2.70. The molecule has 1 aliphatic heterocycles. The summed E-state index contributed by atoms with van der Waals surface area (Å²) < 4.78 is 37.9. The Bertz CT molecular complexity index is 724. The zero-order chi connectivity index (χ0) is 14.2. The molecule has 2 aromatic rings. The average molecular weight is 296 g/mol. The van der Waals surface area contributed by atoms with Gasteiger partial charge in [-0.3, -0.25) is 0 Å². The Morgan fingerprint density at radius 3 is 2.95 bits per heavy atom. The molecule has 6 heteroatoms. The molecule has 0 aliphatic carbocycles. The highest BCUT2D eigenvalue weighted by Gasteiger charge is 2.26. The van der Waals surface area contributed by atoms with E-state index < -0.39 is 9.84 Å². The molecule has 1 aromatic carbocycles. The maximum Gasteiger partial charge on any atom is 0.151 e. The molecule has 0 saturated carbocycles. The summed E-state index contributed by atoms with van der Waals surface area (Å²) in [5.41, 5.74) is 0.867. The van der Waals surface area contributed by atoms with Crippen LogP contribution >= 0.6 is 0 Å². The lowest BCUT2D eigenvalue weighted by Crippen LogP contribution is -2.32. The maximum atomic E-state index is 13.3. The highest BCUT2D eigenvalue weighted by Crippen LogP contribution is 2.17. The Hall–Kier alpha value is -1.40. The number of benzene rings is 1. The van der Waals surface area contributed by atoms with E-state index in [2.05, 4.69) is 5.32 Å². The Morgan fingerprint density at radius 1 is 1.35 bits per heavy atom. The summed E-state index contributed by atoms with van der Waals surface area (Å²) in [6.07, 6.45) is 2.61. The van der Waals surface area contributed by atoms with Crippen LogP contribution in [-0.2, 0) is 16.4 Å². The molecule has 1 atom stereocenters. The molecule has 4 nitrogen and oxygen atoms in total. The second-order valence-corrected chi connectivity index (χ2v) is 7.50. The monoisotopic (exact) mass is 296 g/mol. The second-order valence-electron chi connectivity index (χ2n) is 5.27. The van der Waals surface area contributed by atoms with Crippen LogP contribution in [0.15, 0.2) is 30.5 Å². The van der Waals surface area contributed by atoms with Crippen molar-refractivity contribution in [2.45, 2.75) is 19.0 Å². The van der Waals surface area contributed by atoms with Gasteiger partial charge in [-0.25, -0.2) is 12.8 Å². The minimum Gasteiger partial charge on any atom is -0.346 e. The fourth-order valence-corrected chi connectivity index (χ4v) is 4.41. The van der Waals surface area contributed by atoms with Crippen LogP contribution in [-0.4, -0.2) is 37.1 Å². The van der Waals surface area contributed by atoms with Gasteiger partial charge in [0.1, 0.15) is 5.82 Å². The van der Waals surface area contributed by atoms with Crippen LogP contribution in [0.4, 0.5) is 4.39 Å². The van der Waals surface area contributed by atoms with Crippen LogP contribution in [0.2, 0.25) is 0 Å². The van der Waals surface area contributed by atoms with Gasteiger partial charge in [0.25, 0.3) is 0 Å². The largest absolute Gasteiger partial charge is 0.346 e. The van der Waals surface area contributed by atoms with Gasteiger partial charge in [0.05, 0.1) is 17.0 Å². The molecular formula is C14H17FN2O2S. The number of fused-ring (bicyclic) bond motifs is 1. The number of rotatable bonds is 4. The van der Waals surface area contributed by atoms with E-state index in [-0.39, 0.29) is 23.4 Å². The summed E-state index contributed by atoms with van der Waals surface area (Å²) in [7, 11) is -2.84. The Labute approximate surface area is 117 Å². The predicted molar refractivity (Wildman–Crippen MR) is 77.0 cm³/mol. The van der Waals surface area contributed by atoms with Crippen molar-refractivity contribution in [3.8, 4) is 0 Å². The molecule has 20 heavy (non-hydrogen) atoms. The highest BCUT2D eigenvalue weighted by atomic mass is 32.2. The molecule has 1 aliphatic rings. The van der Waals surface area contributed by atoms with Gasteiger partial charge in [0, 0.05) is 25.3 Å². The predicted octanol–water partition coefficient (Wildman–Crippen LogP) is 1.56. The van der Waals surface area contributed by atoms with E-state index in [0.717, 1.165) is 10.9 Å². The standard InChI is InChI=1S/C14H17FN2O2S/c15-12-2-1-11-3-6-17(14(11)9-12)7-5-16-13-4-8-20(18,19)10-13/h1-3,6,9,13,16H,4-5,7-8,10H2. The smallest absolute Gasteiger partial charge is 0.151 e. The minimum absolute atomic E-state index is 0.0542. The quantitative estimate of drug-likeness (QED) is 0.931. The first-order valence-corrected chi connectivity index (χ1v) is 8.54. The summed E-state index contributed by atoms with van der Waals surface area (Å²) in [6.45, 7) is 1.38. The van der Waals surface area contributed by atoms with Gasteiger partial charge in [0.15, 0.2) is 9.84 Å². The van der Waals surface area contributed by atoms with Crippen molar-refractivity contribution < 1.29 is 12.8 Å². The molecule has 0 radical (unpaired) electrons. The zero-order valence-corrected chi connectivity index (χ0v) is 11.9. The van der Waals surface area contributed by atoms with E-state index in [1.807, 2.05) is 16.8 Å². The van der Waals surface area contributed by atoms with Crippen molar-refractivity contribution in [1.82, 2.24) is 9.88 Å². The molecule has 2 heterocycles. The first kappa shape index (κ1) is 13.6. The Kier molecular flexibility index (Phi) is 3.52. The number of sulfone groups is 1. The number of hydrogen-bond donors (Lipinski definition) is 1. The Balaban J connectivity index is 1.62. The van der Waals surface area contributed by atoms with E-state index in [0.29, 0.717) is 19.5 Å². The van der Waals surface area contributed by atoms with Crippen molar-refractivity contribution in [3.63, 3.8) is 0 Å². The van der Waals surface area contributed by atoms with Crippen LogP contribution < -0.4 is 5.32 Å². The molecule has 108 valence electrons. The molecular weight excluding hydrogens is 279 g/mol. The molecule has 0 spiro atoms. The summed E-state index contributed by atoms with van der Waals surface area (Å²) in [5, 5.41) is 4.27. The van der Waals surface area contributed by atoms with E-state index >= 15 is 0 Å². The number of nitrogens with zero attached hydrogens (tertiary/aromatic N) is 1. The number of nitrogens with one attached hydrogen (secondary N) is 1. The molecule has 1 unspecified atom stereocenters. The van der Waals surface area contributed by atoms with E-state index in [9.17, 15) is 12.8 Å². The molecule has 1 aromatic heterocycles. The van der Waals surface area contributed by atoms with Crippen molar-refractivity contribution in [2.24, 2.45) is 0 Å². The third-order valence-electron chi connectivity index (χ3n) is 3.75. The first-order chi connectivity index (χ1) is 9.53. The van der Waals surface area contributed by atoms with Crippen LogP contribution in [0, 0.1) is 5.82 Å². The van der Waals surface area contributed by atoms with Gasteiger partial charge in [-0.15, -0.1) is 0 Å². The van der Waals surface area contributed by atoms with E-state index in [4.69, 9.17) is 0 Å². The normalized spacial score (nSPS) is 21.6. The first-order valence-electron chi connectivity index (χ1n) is 6.72. The average Bonchev–Trinajstić information content (AvgIpc) is 2.93. The van der Waals surface area contributed by atoms with E-state index in [1.165, 1.54) is 12.1 Å². The highest BCUT2D eigenvalue weighted by molar-refractivity contribution is 7.91. The minimum atomic E-state index is -2.84. The lowest BCUT2D eigenvalue weighted by Gasteiger charge is -2.11. The summed E-state index contributed by atoms with van der Waals surface area (Å²) in [5.74, 6) is 0.267. The molecule has 0 amide bonds. The van der Waals surface area contributed by atoms with Gasteiger partial charge in [0.2, 0.25) is 0 Å². The van der Waals surface area contributed by atoms with Crippen LogP contribution in [0.25, 0.3) is 10.9 Å². The van der Waals surface area contributed by atoms with E-state index in [1.54, 1.807) is 6.07 Å². The molecule has 1 saturated heterocycles. The zero-order valence-electron chi connectivity index (χ0n) is 11.0. The van der Waals surface area contributed by atoms with Crippen LogP contribution in [0.3, 0.4) is 0 Å². The van der Waals surface area contributed by atoms with Crippen LogP contribution in [0.5, 0.6) is 0 Å². The number of aromatic nitrogens is 1. The Morgan fingerprint density at radius 2 is 2.20 bits per heavy atom. The fraction of sp³-hybridized carbons (Fsp3) is 0.429. The maximum absolute atomic E-state index is 13.3. The van der Waals surface area contributed by atoms with Crippen molar-refractivity contribution >= 4 is 20.7 Å². The van der Waals surface area contributed by atoms with Crippen LogP contribution in [0.1, 0.15) is 6.42 Å². The summed E-state index contributed by atoms with van der Waals surface area (Å²) >= 11 is 0. The molecule has 1 fully saturated rings. The van der Waals surface area contributed by atoms with Crippen molar-refractivity contribution in [2.75, 3.05) is 18.1 Å². The SMILES string of the molecule is O=S1(=O)CCC(NCCn2ccc3ccc(F)cc32)C1. The lowest BCUT2D eigenvalue weighted by atomic mass is 10.2. The molecule has 0 bridgehead atoms. The van der Waals surface area contributed by atoms with Gasteiger partial charge >= 0.3 is 0 Å². The van der Waals surface area contributed by atoms with Crippen molar-refractivity contribution in [1.29, 1.82) is 0 Å². The number of halogens is 1. The topological polar surface area (TPSA) is 51.1 Å². The summed E-state index contributed by atoms with van der Waals surface area (Å²) in [6, 6.07) is 6.75. The molecule has 1 N–H and O–H groups in total. The summed E-state index contributed by atoms with van der Waals surface area (Å²) in [4.78, 5) is 0. The van der Waals surface area contributed by atoms with Crippen molar-refractivity contribution in [3.05, 3.63) is 36.3 Å². The third kappa shape index (κ3) is 2.86. The van der Waals surface area contributed by atoms with Gasteiger partial charge in [-0.1, -0.05) is 0 Å². The van der Waals surface area contributed by atoms with Gasteiger partial charge < -0.3 is 9.88 Å². The van der Waals surface area contributed by atoms with Gasteiger partial charge in [-0.2, -0.15) is 0 Å². The third-order valence-corrected chi connectivity index (χ3v) is 5.52. The number of hydrogen-bond acceptors (Lipinski definition) is 3. The lowest BCUT2D eigenvalue weighted by molar-refractivity contribution is 0.524. The molecule has 3 rings (SSSR count). The van der Waals surface area contributed by atoms with Gasteiger partial charge in [-0.05, 0) is 36.1 Å². The second kappa shape index (κ2) is 5.18.